The minimum atomic E-state index is -0.0929. The fourth-order valence-electron chi connectivity index (χ4n) is 1.50. The van der Waals surface area contributed by atoms with E-state index in [2.05, 4.69) is 17.1 Å². The maximum Gasteiger partial charge on any atom is 0.169 e. The van der Waals surface area contributed by atoms with Crippen molar-refractivity contribution in [3.05, 3.63) is 0 Å². The molecule has 0 aromatic heterocycles. The average molecular weight is 232 g/mol. The van der Waals surface area contributed by atoms with Gasteiger partial charge in [-0.2, -0.15) is 0 Å². The van der Waals surface area contributed by atoms with Crippen molar-refractivity contribution in [2.75, 3.05) is 32.8 Å². The summed E-state index contributed by atoms with van der Waals surface area (Å²) in [5.41, 5.74) is 0. The first-order chi connectivity index (χ1) is 7.27. The molecule has 0 bridgehead atoms. The smallest absolute Gasteiger partial charge is 0.169 e. The van der Waals surface area contributed by atoms with E-state index in [9.17, 15) is 0 Å². The second kappa shape index (κ2) is 6.98. The quantitative estimate of drug-likeness (QED) is 0.541. The third kappa shape index (κ3) is 4.32. The SMILES string of the molecule is CCCCNC(=S)N1CCOC(CO)C1. The third-order valence-electron chi connectivity index (χ3n) is 2.44. The second-order valence-corrected chi connectivity index (χ2v) is 4.09. The summed E-state index contributed by atoms with van der Waals surface area (Å²) >= 11 is 5.27. The van der Waals surface area contributed by atoms with Gasteiger partial charge in [0.05, 0.1) is 19.3 Å². The van der Waals surface area contributed by atoms with Crippen LogP contribution in [0.15, 0.2) is 0 Å². The Morgan fingerprint density at radius 3 is 3.13 bits per heavy atom. The zero-order valence-electron chi connectivity index (χ0n) is 9.24. The Labute approximate surface area is 96.6 Å². The highest BCUT2D eigenvalue weighted by atomic mass is 32.1. The van der Waals surface area contributed by atoms with Gasteiger partial charge in [0.25, 0.3) is 0 Å². The molecule has 1 unspecified atom stereocenters. The lowest BCUT2D eigenvalue weighted by Crippen LogP contribution is -2.50. The van der Waals surface area contributed by atoms with Crippen molar-refractivity contribution >= 4 is 17.3 Å². The molecule has 0 aromatic rings. The van der Waals surface area contributed by atoms with E-state index in [-0.39, 0.29) is 12.7 Å². The van der Waals surface area contributed by atoms with Crippen LogP contribution in [0, 0.1) is 0 Å². The summed E-state index contributed by atoms with van der Waals surface area (Å²) < 4.78 is 5.35. The molecule has 0 radical (unpaired) electrons. The zero-order chi connectivity index (χ0) is 11.1. The molecule has 2 N–H and O–H groups in total. The average Bonchev–Trinajstić information content (AvgIpc) is 2.29. The fraction of sp³-hybridized carbons (Fsp3) is 0.900. The van der Waals surface area contributed by atoms with Crippen LogP contribution in [0.5, 0.6) is 0 Å². The standard InChI is InChI=1S/C10H20N2O2S/c1-2-3-4-11-10(15)12-5-6-14-9(7-12)8-13/h9,13H,2-8H2,1H3,(H,11,15). The summed E-state index contributed by atoms with van der Waals surface area (Å²) in [5, 5.41) is 13.0. The van der Waals surface area contributed by atoms with Gasteiger partial charge in [-0.3, -0.25) is 0 Å². The lowest BCUT2D eigenvalue weighted by atomic mass is 10.3. The lowest BCUT2D eigenvalue weighted by Gasteiger charge is -2.33. The van der Waals surface area contributed by atoms with Crippen LogP contribution in [0.3, 0.4) is 0 Å². The van der Waals surface area contributed by atoms with Crippen LogP contribution in [0.2, 0.25) is 0 Å². The Kier molecular flexibility index (Phi) is 5.90. The van der Waals surface area contributed by atoms with Crippen molar-refractivity contribution in [2.45, 2.75) is 25.9 Å². The summed E-state index contributed by atoms with van der Waals surface area (Å²) in [5.74, 6) is 0. The molecular weight excluding hydrogens is 212 g/mol. The van der Waals surface area contributed by atoms with Crippen LogP contribution < -0.4 is 5.32 Å². The number of aliphatic hydroxyl groups excluding tert-OH is 1. The lowest BCUT2D eigenvalue weighted by molar-refractivity contribution is -0.0342. The van der Waals surface area contributed by atoms with Crippen LogP contribution >= 0.6 is 12.2 Å². The maximum atomic E-state index is 8.99. The molecule has 1 atom stereocenters. The number of aliphatic hydroxyl groups is 1. The Morgan fingerprint density at radius 2 is 2.47 bits per heavy atom. The summed E-state index contributed by atoms with van der Waals surface area (Å²) in [7, 11) is 0. The predicted octanol–water partition coefficient (Wildman–Crippen LogP) is 0.354. The summed E-state index contributed by atoms with van der Waals surface area (Å²) in [6.45, 7) is 5.29. The van der Waals surface area contributed by atoms with Crippen molar-refractivity contribution in [2.24, 2.45) is 0 Å². The van der Waals surface area contributed by atoms with Crippen LogP contribution in [0.4, 0.5) is 0 Å². The molecule has 1 fully saturated rings. The van der Waals surface area contributed by atoms with Gasteiger partial charge in [0.15, 0.2) is 5.11 Å². The molecule has 5 heteroatoms. The summed E-state index contributed by atoms with van der Waals surface area (Å²) in [4.78, 5) is 2.06. The van der Waals surface area contributed by atoms with Crippen molar-refractivity contribution in [3.63, 3.8) is 0 Å². The van der Waals surface area contributed by atoms with Gasteiger partial charge in [-0.15, -0.1) is 0 Å². The molecule has 1 saturated heterocycles. The highest BCUT2D eigenvalue weighted by Gasteiger charge is 2.20. The molecule has 0 spiro atoms. The monoisotopic (exact) mass is 232 g/mol. The zero-order valence-corrected chi connectivity index (χ0v) is 10.1. The van der Waals surface area contributed by atoms with Gasteiger partial charge < -0.3 is 20.1 Å². The van der Waals surface area contributed by atoms with E-state index in [1.807, 2.05) is 0 Å². The second-order valence-electron chi connectivity index (χ2n) is 3.71. The number of rotatable bonds is 4. The number of unbranched alkanes of at least 4 members (excludes halogenated alkanes) is 1. The van der Waals surface area contributed by atoms with Gasteiger partial charge in [0.2, 0.25) is 0 Å². The highest BCUT2D eigenvalue weighted by Crippen LogP contribution is 2.04. The maximum absolute atomic E-state index is 8.99. The molecule has 88 valence electrons. The largest absolute Gasteiger partial charge is 0.394 e. The minimum Gasteiger partial charge on any atom is -0.394 e. The molecule has 4 nitrogen and oxygen atoms in total. The van der Waals surface area contributed by atoms with Crippen molar-refractivity contribution in [3.8, 4) is 0 Å². The van der Waals surface area contributed by atoms with Gasteiger partial charge in [-0.25, -0.2) is 0 Å². The van der Waals surface area contributed by atoms with E-state index < -0.39 is 0 Å². The molecule has 0 amide bonds. The summed E-state index contributed by atoms with van der Waals surface area (Å²) in [6.07, 6.45) is 2.20. The molecule has 1 rings (SSSR count). The van der Waals surface area contributed by atoms with E-state index in [1.165, 1.54) is 0 Å². The molecule has 0 aliphatic carbocycles. The van der Waals surface area contributed by atoms with E-state index >= 15 is 0 Å². The first kappa shape index (κ1) is 12.7. The topological polar surface area (TPSA) is 44.7 Å². The molecule has 1 aliphatic heterocycles. The summed E-state index contributed by atoms with van der Waals surface area (Å²) in [6, 6.07) is 0. The Hall–Kier alpha value is -0.390. The number of thiocarbonyl (C=S) groups is 1. The Bertz CT molecular complexity index is 202. The molecule has 1 heterocycles. The highest BCUT2D eigenvalue weighted by molar-refractivity contribution is 7.80. The normalized spacial score (nSPS) is 21.5. The molecule has 0 saturated carbocycles. The van der Waals surface area contributed by atoms with E-state index in [0.717, 1.165) is 31.0 Å². The third-order valence-corrected chi connectivity index (χ3v) is 2.84. The number of hydrogen-bond donors (Lipinski definition) is 2. The molecule has 15 heavy (non-hydrogen) atoms. The van der Waals surface area contributed by atoms with Gasteiger partial charge >= 0.3 is 0 Å². The predicted molar refractivity (Wildman–Crippen MR) is 63.9 cm³/mol. The van der Waals surface area contributed by atoms with Crippen LogP contribution in [0.1, 0.15) is 19.8 Å². The first-order valence-electron chi connectivity index (χ1n) is 5.53. The number of morpholine rings is 1. The van der Waals surface area contributed by atoms with Gasteiger partial charge in [0.1, 0.15) is 0 Å². The molecule has 0 aromatic carbocycles. The Morgan fingerprint density at radius 1 is 1.67 bits per heavy atom. The Balaban J connectivity index is 2.25. The van der Waals surface area contributed by atoms with Crippen molar-refractivity contribution < 1.29 is 9.84 Å². The van der Waals surface area contributed by atoms with Crippen LogP contribution in [0.25, 0.3) is 0 Å². The van der Waals surface area contributed by atoms with Gasteiger partial charge in [-0.05, 0) is 18.6 Å². The van der Waals surface area contributed by atoms with E-state index in [4.69, 9.17) is 22.1 Å². The molecule has 1 aliphatic rings. The van der Waals surface area contributed by atoms with Crippen LogP contribution in [-0.2, 0) is 4.74 Å². The van der Waals surface area contributed by atoms with E-state index in [0.29, 0.717) is 13.2 Å². The first-order valence-corrected chi connectivity index (χ1v) is 5.94. The van der Waals surface area contributed by atoms with Crippen molar-refractivity contribution in [1.29, 1.82) is 0 Å². The van der Waals surface area contributed by atoms with E-state index in [1.54, 1.807) is 0 Å². The van der Waals surface area contributed by atoms with Crippen molar-refractivity contribution in [1.82, 2.24) is 10.2 Å². The number of ether oxygens (including phenoxy) is 1. The van der Waals surface area contributed by atoms with Gasteiger partial charge in [0, 0.05) is 19.6 Å². The van der Waals surface area contributed by atoms with Gasteiger partial charge in [-0.1, -0.05) is 13.3 Å². The number of hydrogen-bond acceptors (Lipinski definition) is 3. The van der Waals surface area contributed by atoms with Crippen LogP contribution in [-0.4, -0.2) is 54.1 Å². The number of nitrogens with zero attached hydrogens (tertiary/aromatic N) is 1. The minimum absolute atomic E-state index is 0.0636. The molecular formula is C10H20N2O2S. The number of nitrogens with one attached hydrogen (secondary N) is 1. The fourth-order valence-corrected chi connectivity index (χ4v) is 1.77.